The third-order valence-corrected chi connectivity index (χ3v) is 4.28. The van der Waals surface area contributed by atoms with Crippen LogP contribution in [0.2, 0.25) is 0 Å². The second kappa shape index (κ2) is 7.81. The minimum absolute atomic E-state index is 0.299. The van der Waals surface area contributed by atoms with Crippen LogP contribution >= 0.6 is 0 Å². The van der Waals surface area contributed by atoms with Gasteiger partial charge in [0.25, 0.3) is 0 Å². The lowest BCUT2D eigenvalue weighted by atomic mass is 10.1. The van der Waals surface area contributed by atoms with Crippen LogP contribution in [0, 0.1) is 0 Å². The molecule has 4 rings (SSSR count). The Bertz CT molecular complexity index is 1200. The van der Waals surface area contributed by atoms with Gasteiger partial charge in [-0.1, -0.05) is 6.58 Å². The molecule has 0 bridgehead atoms. The highest BCUT2D eigenvalue weighted by Crippen LogP contribution is 2.31. The van der Waals surface area contributed by atoms with Crippen molar-refractivity contribution >= 4 is 34.3 Å². The average molecular weight is 386 g/mol. The van der Waals surface area contributed by atoms with E-state index >= 15 is 0 Å². The third-order valence-electron chi connectivity index (χ3n) is 4.28. The van der Waals surface area contributed by atoms with E-state index in [-0.39, 0.29) is 5.91 Å². The Morgan fingerprint density at radius 1 is 1.21 bits per heavy atom. The van der Waals surface area contributed by atoms with E-state index in [0.717, 1.165) is 22.3 Å². The minimum Gasteiger partial charge on any atom is -0.495 e. The number of rotatable bonds is 6. The second-order valence-corrected chi connectivity index (χ2v) is 6.10. The fraction of sp³-hybridized carbons (Fsp3) is 0.0476. The number of benzene rings is 1. The van der Waals surface area contributed by atoms with E-state index in [1.807, 2.05) is 24.4 Å². The number of hydrogen-bond acceptors (Lipinski definition) is 6. The normalized spacial score (nSPS) is 10.5. The molecular formula is C21H18N6O2. The quantitative estimate of drug-likeness (QED) is 0.434. The lowest BCUT2D eigenvalue weighted by molar-refractivity contribution is -0.111. The topological polar surface area (TPSA) is 105 Å². The van der Waals surface area contributed by atoms with Gasteiger partial charge in [-0.05, 0) is 42.5 Å². The second-order valence-electron chi connectivity index (χ2n) is 6.10. The molecule has 8 heteroatoms. The van der Waals surface area contributed by atoms with Crippen LogP contribution in [-0.4, -0.2) is 33.0 Å². The van der Waals surface area contributed by atoms with Gasteiger partial charge in [-0.3, -0.25) is 4.79 Å². The summed E-state index contributed by atoms with van der Waals surface area (Å²) < 4.78 is 5.40. The number of aromatic nitrogens is 4. The number of H-pyrrole nitrogens is 1. The van der Waals surface area contributed by atoms with Crippen LogP contribution < -0.4 is 15.4 Å². The number of anilines is 3. The number of fused-ring (bicyclic) bond motifs is 1. The summed E-state index contributed by atoms with van der Waals surface area (Å²) in [6, 6.07) is 10.9. The summed E-state index contributed by atoms with van der Waals surface area (Å²) in [5.41, 5.74) is 3.68. The Labute approximate surface area is 166 Å². The summed E-state index contributed by atoms with van der Waals surface area (Å²) in [5.74, 6) is 0.686. The molecule has 0 fully saturated rings. The van der Waals surface area contributed by atoms with E-state index in [4.69, 9.17) is 4.74 Å². The fourth-order valence-corrected chi connectivity index (χ4v) is 2.93. The monoisotopic (exact) mass is 386 g/mol. The van der Waals surface area contributed by atoms with E-state index in [1.165, 1.54) is 6.08 Å². The van der Waals surface area contributed by atoms with E-state index in [0.29, 0.717) is 23.1 Å². The van der Waals surface area contributed by atoms with Crippen molar-refractivity contribution in [1.29, 1.82) is 0 Å². The van der Waals surface area contributed by atoms with Gasteiger partial charge < -0.3 is 20.4 Å². The zero-order chi connectivity index (χ0) is 20.2. The number of aromatic amines is 1. The predicted molar refractivity (Wildman–Crippen MR) is 112 cm³/mol. The zero-order valence-electron chi connectivity index (χ0n) is 15.6. The Morgan fingerprint density at radius 2 is 2.10 bits per heavy atom. The van der Waals surface area contributed by atoms with E-state index in [1.54, 1.807) is 37.7 Å². The van der Waals surface area contributed by atoms with Crippen molar-refractivity contribution in [3.63, 3.8) is 0 Å². The molecule has 0 radical (unpaired) electrons. The van der Waals surface area contributed by atoms with Gasteiger partial charge in [-0.15, -0.1) is 0 Å². The first-order chi connectivity index (χ1) is 14.2. The molecule has 1 aromatic carbocycles. The minimum atomic E-state index is -0.299. The molecule has 0 aliphatic carbocycles. The van der Waals surface area contributed by atoms with Crippen molar-refractivity contribution in [2.24, 2.45) is 0 Å². The Balaban J connectivity index is 1.66. The van der Waals surface area contributed by atoms with Crippen molar-refractivity contribution in [2.45, 2.75) is 0 Å². The lowest BCUT2D eigenvalue weighted by Crippen LogP contribution is -2.08. The van der Waals surface area contributed by atoms with Crippen LogP contribution in [0.1, 0.15) is 0 Å². The van der Waals surface area contributed by atoms with Gasteiger partial charge in [-0.25, -0.2) is 15.0 Å². The van der Waals surface area contributed by atoms with E-state index in [9.17, 15) is 4.79 Å². The Kier molecular flexibility index (Phi) is 4.90. The third kappa shape index (κ3) is 3.77. The average Bonchev–Trinajstić information content (AvgIpc) is 3.18. The first-order valence-corrected chi connectivity index (χ1v) is 8.82. The highest BCUT2D eigenvalue weighted by Gasteiger charge is 2.11. The number of carbonyl (C=O) groups excluding carboxylic acids is 1. The van der Waals surface area contributed by atoms with Crippen LogP contribution in [0.3, 0.4) is 0 Å². The molecule has 0 saturated carbocycles. The Morgan fingerprint density at radius 3 is 2.93 bits per heavy atom. The molecule has 0 unspecified atom stereocenters. The molecule has 4 aromatic rings. The number of methoxy groups -OCH3 is 1. The molecule has 0 aliphatic heterocycles. The molecule has 0 saturated heterocycles. The molecular weight excluding hydrogens is 368 g/mol. The zero-order valence-corrected chi connectivity index (χ0v) is 15.6. The summed E-state index contributed by atoms with van der Waals surface area (Å²) in [6.07, 6.45) is 6.49. The molecule has 1 amide bonds. The molecule has 0 spiro atoms. The largest absolute Gasteiger partial charge is 0.495 e. The highest BCUT2D eigenvalue weighted by atomic mass is 16.5. The molecule has 3 heterocycles. The van der Waals surface area contributed by atoms with Gasteiger partial charge >= 0.3 is 0 Å². The number of nitrogens with zero attached hydrogens (tertiary/aromatic N) is 3. The predicted octanol–water partition coefficient (Wildman–Crippen LogP) is 3.90. The molecule has 3 aromatic heterocycles. The van der Waals surface area contributed by atoms with Gasteiger partial charge in [0.15, 0.2) is 0 Å². The summed E-state index contributed by atoms with van der Waals surface area (Å²) in [5, 5.41) is 6.85. The van der Waals surface area contributed by atoms with Crippen LogP contribution in [0.5, 0.6) is 5.75 Å². The number of amides is 1. The number of nitrogens with one attached hydrogen (secondary N) is 3. The molecule has 0 atom stereocenters. The van der Waals surface area contributed by atoms with Crippen LogP contribution in [-0.2, 0) is 4.79 Å². The van der Waals surface area contributed by atoms with Crippen molar-refractivity contribution in [3.05, 3.63) is 67.6 Å². The maximum atomic E-state index is 11.6. The number of hydrogen-bond donors (Lipinski definition) is 3. The first-order valence-electron chi connectivity index (χ1n) is 8.82. The van der Waals surface area contributed by atoms with Crippen LogP contribution in [0.15, 0.2) is 67.6 Å². The maximum Gasteiger partial charge on any atom is 0.247 e. The van der Waals surface area contributed by atoms with Crippen molar-refractivity contribution < 1.29 is 9.53 Å². The number of pyridine rings is 1. The number of ether oxygens (including phenoxy) is 1. The van der Waals surface area contributed by atoms with Crippen molar-refractivity contribution in [3.8, 4) is 17.0 Å². The number of carbonyl (C=O) groups is 1. The van der Waals surface area contributed by atoms with E-state index < -0.39 is 0 Å². The van der Waals surface area contributed by atoms with Gasteiger partial charge in [0.1, 0.15) is 11.4 Å². The van der Waals surface area contributed by atoms with Crippen molar-refractivity contribution in [1.82, 2.24) is 19.9 Å². The SMILES string of the molecule is C=CC(=O)Nc1ccc(OC)c(Nc2nccc(-c3c[nH]c4ncccc34)n2)c1. The molecule has 8 nitrogen and oxygen atoms in total. The molecule has 29 heavy (non-hydrogen) atoms. The van der Waals surface area contributed by atoms with Gasteiger partial charge in [0, 0.05) is 35.2 Å². The highest BCUT2D eigenvalue weighted by molar-refractivity contribution is 5.99. The smallest absolute Gasteiger partial charge is 0.247 e. The van der Waals surface area contributed by atoms with Crippen LogP contribution in [0.4, 0.5) is 17.3 Å². The fourth-order valence-electron chi connectivity index (χ4n) is 2.93. The molecule has 144 valence electrons. The Hall–Kier alpha value is -4.20. The van der Waals surface area contributed by atoms with Gasteiger partial charge in [-0.2, -0.15) is 0 Å². The molecule has 0 aliphatic rings. The first kappa shape index (κ1) is 18.2. The summed E-state index contributed by atoms with van der Waals surface area (Å²) in [4.78, 5) is 27.9. The summed E-state index contributed by atoms with van der Waals surface area (Å²) >= 11 is 0. The molecule has 3 N–H and O–H groups in total. The van der Waals surface area contributed by atoms with Crippen LogP contribution in [0.25, 0.3) is 22.3 Å². The standard InChI is InChI=1S/C21H18N6O2/c1-3-19(28)25-13-6-7-18(29-2)17(11-13)27-21-23-10-8-16(26-21)15-12-24-20-14(15)5-4-9-22-20/h3-12H,1H2,2H3,(H,22,24)(H,25,28)(H,23,26,27). The van der Waals surface area contributed by atoms with Gasteiger partial charge in [0.05, 0.1) is 18.5 Å². The van der Waals surface area contributed by atoms with Gasteiger partial charge in [0.2, 0.25) is 11.9 Å². The lowest BCUT2D eigenvalue weighted by Gasteiger charge is -2.12. The van der Waals surface area contributed by atoms with E-state index in [2.05, 4.69) is 37.1 Å². The summed E-state index contributed by atoms with van der Waals surface area (Å²) in [6.45, 7) is 3.46. The summed E-state index contributed by atoms with van der Waals surface area (Å²) in [7, 11) is 1.57. The maximum absolute atomic E-state index is 11.6. The van der Waals surface area contributed by atoms with Crippen molar-refractivity contribution in [2.75, 3.05) is 17.7 Å².